The van der Waals surface area contributed by atoms with E-state index < -0.39 is 12.0 Å². The van der Waals surface area contributed by atoms with Gasteiger partial charge in [-0.2, -0.15) is 0 Å². The first-order valence-corrected chi connectivity index (χ1v) is 3.84. The molecular weight excluding hydrogens is 200 g/mol. The summed E-state index contributed by atoms with van der Waals surface area (Å²) >= 11 is 5.45. The molecule has 1 rings (SSSR count). The number of hydrogen-bond donors (Lipinski definition) is 0. The average molecular weight is 206 g/mol. The molecule has 1 aromatic heterocycles. The number of aldehydes is 1. The Balaban J connectivity index is 3.30. The molecule has 0 bridgehead atoms. The van der Waals surface area contributed by atoms with Crippen LogP contribution in [0.5, 0.6) is 0 Å². The number of aryl methyl sites for hydroxylation is 1. The lowest BCUT2D eigenvalue weighted by molar-refractivity contribution is 0.112. The van der Waals surface area contributed by atoms with Gasteiger partial charge >= 0.3 is 0 Å². The topological polar surface area (TPSA) is 30.0 Å². The summed E-state index contributed by atoms with van der Waals surface area (Å²) in [5.74, 6) is 0. The summed E-state index contributed by atoms with van der Waals surface area (Å²) in [6.45, 7) is 1.53. The molecule has 0 atom stereocenters. The molecule has 0 radical (unpaired) electrons. The molecule has 1 aromatic rings. The van der Waals surface area contributed by atoms with Gasteiger partial charge in [-0.05, 0) is 13.0 Å². The SMILES string of the molecule is Cc1nc(Cl)c(C(F)F)cc1C=O. The smallest absolute Gasteiger partial charge is 0.266 e. The van der Waals surface area contributed by atoms with Crippen LogP contribution in [-0.2, 0) is 0 Å². The maximum atomic E-state index is 12.2. The molecule has 0 unspecified atom stereocenters. The van der Waals surface area contributed by atoms with Crippen molar-refractivity contribution in [2.75, 3.05) is 0 Å². The number of aromatic nitrogens is 1. The van der Waals surface area contributed by atoms with Crippen LogP contribution >= 0.6 is 11.6 Å². The first-order chi connectivity index (χ1) is 6.06. The number of pyridine rings is 1. The minimum Gasteiger partial charge on any atom is -0.298 e. The number of hydrogen-bond acceptors (Lipinski definition) is 2. The van der Waals surface area contributed by atoms with E-state index >= 15 is 0 Å². The fourth-order valence-electron chi connectivity index (χ4n) is 0.880. The number of alkyl halides is 2. The predicted octanol–water partition coefficient (Wildman–Crippen LogP) is 2.79. The third-order valence-electron chi connectivity index (χ3n) is 1.59. The van der Waals surface area contributed by atoms with Crippen molar-refractivity contribution in [2.24, 2.45) is 0 Å². The number of carbonyl (C=O) groups is 1. The van der Waals surface area contributed by atoms with E-state index in [0.29, 0.717) is 12.0 Å². The van der Waals surface area contributed by atoms with Crippen LogP contribution in [0, 0.1) is 6.92 Å². The third kappa shape index (κ3) is 2.01. The molecule has 5 heteroatoms. The molecule has 0 aromatic carbocycles. The van der Waals surface area contributed by atoms with Gasteiger partial charge in [0.1, 0.15) is 5.15 Å². The molecule has 0 saturated carbocycles. The van der Waals surface area contributed by atoms with Gasteiger partial charge in [-0.3, -0.25) is 4.79 Å². The molecule has 0 saturated heterocycles. The van der Waals surface area contributed by atoms with Crippen molar-refractivity contribution in [3.8, 4) is 0 Å². The predicted molar refractivity (Wildman–Crippen MR) is 44.3 cm³/mol. The normalized spacial score (nSPS) is 10.5. The average Bonchev–Trinajstić information content (AvgIpc) is 2.03. The fraction of sp³-hybridized carbons (Fsp3) is 0.250. The number of nitrogens with zero attached hydrogens (tertiary/aromatic N) is 1. The fourth-order valence-corrected chi connectivity index (χ4v) is 1.14. The number of rotatable bonds is 2. The lowest BCUT2D eigenvalue weighted by Crippen LogP contribution is -1.97. The van der Waals surface area contributed by atoms with Crippen molar-refractivity contribution in [1.29, 1.82) is 0 Å². The van der Waals surface area contributed by atoms with E-state index in [1.54, 1.807) is 0 Å². The van der Waals surface area contributed by atoms with Gasteiger partial charge in [0.15, 0.2) is 6.29 Å². The van der Waals surface area contributed by atoms with E-state index in [-0.39, 0.29) is 10.7 Å². The van der Waals surface area contributed by atoms with Crippen molar-refractivity contribution in [1.82, 2.24) is 4.98 Å². The molecule has 0 aliphatic heterocycles. The largest absolute Gasteiger partial charge is 0.298 e. The Hall–Kier alpha value is -1.03. The van der Waals surface area contributed by atoms with Crippen LogP contribution in [0.4, 0.5) is 8.78 Å². The number of halogens is 3. The van der Waals surface area contributed by atoms with Crippen LogP contribution in [0.2, 0.25) is 5.15 Å². The zero-order chi connectivity index (χ0) is 10.0. The summed E-state index contributed by atoms with van der Waals surface area (Å²) in [7, 11) is 0. The Morgan fingerprint density at radius 1 is 1.62 bits per heavy atom. The first kappa shape index (κ1) is 10.1. The monoisotopic (exact) mass is 205 g/mol. The third-order valence-corrected chi connectivity index (χ3v) is 1.90. The van der Waals surface area contributed by atoms with Crippen molar-refractivity contribution in [2.45, 2.75) is 13.3 Å². The van der Waals surface area contributed by atoms with E-state index in [9.17, 15) is 13.6 Å². The summed E-state index contributed by atoms with van der Waals surface area (Å²) in [5.41, 5.74) is 0.0819. The Labute approximate surface area is 78.5 Å². The van der Waals surface area contributed by atoms with Gasteiger partial charge < -0.3 is 0 Å². The highest BCUT2D eigenvalue weighted by Crippen LogP contribution is 2.26. The molecule has 0 amide bonds. The molecule has 70 valence electrons. The van der Waals surface area contributed by atoms with Crippen LogP contribution in [0.25, 0.3) is 0 Å². The second-order valence-electron chi connectivity index (χ2n) is 2.46. The molecule has 0 N–H and O–H groups in total. The van der Waals surface area contributed by atoms with Gasteiger partial charge in [-0.1, -0.05) is 11.6 Å². The summed E-state index contributed by atoms with van der Waals surface area (Å²) in [5, 5.41) is -0.252. The van der Waals surface area contributed by atoms with E-state index in [0.717, 1.165) is 6.07 Å². The highest BCUT2D eigenvalue weighted by Gasteiger charge is 2.15. The van der Waals surface area contributed by atoms with Crippen LogP contribution in [0.1, 0.15) is 28.0 Å². The maximum Gasteiger partial charge on any atom is 0.266 e. The Kier molecular flexibility index (Phi) is 2.93. The van der Waals surface area contributed by atoms with Crippen LogP contribution in [-0.4, -0.2) is 11.3 Å². The molecule has 0 aliphatic rings. The minimum absolute atomic E-state index is 0.139. The molecule has 1 heterocycles. The van der Waals surface area contributed by atoms with Gasteiger partial charge in [-0.15, -0.1) is 0 Å². The summed E-state index contributed by atoms with van der Waals surface area (Å²) in [6.07, 6.45) is -2.23. The lowest BCUT2D eigenvalue weighted by atomic mass is 10.1. The van der Waals surface area contributed by atoms with E-state index in [1.165, 1.54) is 6.92 Å². The minimum atomic E-state index is -2.71. The Morgan fingerprint density at radius 2 is 2.23 bits per heavy atom. The van der Waals surface area contributed by atoms with Crippen molar-refractivity contribution in [3.05, 3.63) is 28.0 Å². The van der Waals surface area contributed by atoms with Crippen LogP contribution in [0.3, 0.4) is 0 Å². The second kappa shape index (κ2) is 3.79. The second-order valence-corrected chi connectivity index (χ2v) is 2.82. The highest BCUT2D eigenvalue weighted by atomic mass is 35.5. The van der Waals surface area contributed by atoms with Gasteiger partial charge in [0.2, 0.25) is 0 Å². The van der Waals surface area contributed by atoms with E-state index in [2.05, 4.69) is 4.98 Å². The summed E-state index contributed by atoms with van der Waals surface area (Å²) in [6, 6.07) is 1.06. The molecule has 0 fully saturated rings. The van der Waals surface area contributed by atoms with E-state index in [4.69, 9.17) is 11.6 Å². The van der Waals surface area contributed by atoms with Crippen molar-refractivity contribution >= 4 is 17.9 Å². The van der Waals surface area contributed by atoms with Gasteiger partial charge in [0.25, 0.3) is 6.43 Å². The van der Waals surface area contributed by atoms with Gasteiger partial charge in [-0.25, -0.2) is 13.8 Å². The van der Waals surface area contributed by atoms with Crippen molar-refractivity contribution < 1.29 is 13.6 Å². The molecule has 0 spiro atoms. The number of carbonyl (C=O) groups excluding carboxylic acids is 1. The van der Waals surface area contributed by atoms with Gasteiger partial charge in [0.05, 0.1) is 5.56 Å². The van der Waals surface area contributed by atoms with Gasteiger partial charge in [0, 0.05) is 11.3 Å². The van der Waals surface area contributed by atoms with Crippen LogP contribution in [0.15, 0.2) is 6.07 Å². The molecule has 13 heavy (non-hydrogen) atoms. The Bertz CT molecular complexity index is 341. The quantitative estimate of drug-likeness (QED) is 0.549. The molecular formula is C8H6ClF2NO. The first-order valence-electron chi connectivity index (χ1n) is 3.46. The molecule has 2 nitrogen and oxygen atoms in total. The maximum absolute atomic E-state index is 12.2. The lowest BCUT2D eigenvalue weighted by Gasteiger charge is -2.04. The highest BCUT2D eigenvalue weighted by molar-refractivity contribution is 6.30. The summed E-state index contributed by atoms with van der Waals surface area (Å²) < 4.78 is 24.5. The Morgan fingerprint density at radius 3 is 2.69 bits per heavy atom. The van der Waals surface area contributed by atoms with Crippen LogP contribution < -0.4 is 0 Å². The zero-order valence-electron chi connectivity index (χ0n) is 6.72. The molecule has 0 aliphatic carbocycles. The standard InChI is InChI=1S/C8H6ClF2NO/c1-4-5(3-13)2-6(8(10)11)7(9)12-4/h2-3,8H,1H3. The zero-order valence-corrected chi connectivity index (χ0v) is 7.48. The summed E-state index contributed by atoms with van der Waals surface area (Å²) in [4.78, 5) is 14.0. The van der Waals surface area contributed by atoms with Crippen molar-refractivity contribution in [3.63, 3.8) is 0 Å². The van der Waals surface area contributed by atoms with E-state index in [1.807, 2.05) is 0 Å².